The maximum atomic E-state index is 10.8. The molecule has 1 aromatic rings. The van der Waals surface area contributed by atoms with Crippen LogP contribution in [0.3, 0.4) is 0 Å². The third kappa shape index (κ3) is 1.96. The van der Waals surface area contributed by atoms with E-state index >= 15 is 0 Å². The van der Waals surface area contributed by atoms with Crippen LogP contribution in [0.1, 0.15) is 23.5 Å². The third-order valence-electron chi connectivity index (χ3n) is 3.09. The molecule has 1 N–H and O–H groups in total. The number of likely N-dealkylation sites (tertiary alicyclic amines) is 1. The zero-order chi connectivity index (χ0) is 10.8. The van der Waals surface area contributed by atoms with E-state index in [0.717, 1.165) is 6.42 Å². The first-order valence-corrected chi connectivity index (χ1v) is 5.22. The predicted molar refractivity (Wildman–Crippen MR) is 58.1 cm³/mol. The molecule has 0 spiro atoms. The Labute approximate surface area is 89.3 Å². The van der Waals surface area contributed by atoms with Gasteiger partial charge in [-0.3, -0.25) is 0 Å². The SMILES string of the molecule is Cc1ccccc1C1CCN(C(=O)O)C1. The summed E-state index contributed by atoms with van der Waals surface area (Å²) in [6.07, 6.45) is 0.142. The fraction of sp³-hybridized carbons (Fsp3) is 0.417. The van der Waals surface area contributed by atoms with Gasteiger partial charge in [-0.25, -0.2) is 4.79 Å². The van der Waals surface area contributed by atoms with Gasteiger partial charge in [0.05, 0.1) is 0 Å². The highest BCUT2D eigenvalue weighted by molar-refractivity contribution is 5.65. The Kier molecular flexibility index (Phi) is 2.62. The fourth-order valence-corrected chi connectivity index (χ4v) is 2.23. The molecule has 1 saturated heterocycles. The number of amides is 1. The van der Waals surface area contributed by atoms with Gasteiger partial charge in [-0.15, -0.1) is 0 Å². The average Bonchev–Trinajstić information content (AvgIpc) is 2.67. The molecular formula is C12H15NO2. The number of hydrogen-bond donors (Lipinski definition) is 1. The van der Waals surface area contributed by atoms with Gasteiger partial charge in [-0.2, -0.15) is 0 Å². The Bertz CT molecular complexity index is 376. The minimum absolute atomic E-state index is 0.377. The minimum Gasteiger partial charge on any atom is -0.465 e. The van der Waals surface area contributed by atoms with Crippen LogP contribution in [0.15, 0.2) is 24.3 Å². The van der Waals surface area contributed by atoms with Crippen LogP contribution in [0.4, 0.5) is 4.79 Å². The molecular weight excluding hydrogens is 190 g/mol. The van der Waals surface area contributed by atoms with E-state index in [-0.39, 0.29) is 0 Å². The molecule has 1 fully saturated rings. The van der Waals surface area contributed by atoms with E-state index in [2.05, 4.69) is 19.1 Å². The summed E-state index contributed by atoms with van der Waals surface area (Å²) in [4.78, 5) is 12.3. The van der Waals surface area contributed by atoms with Crippen LogP contribution in [0.5, 0.6) is 0 Å². The maximum absolute atomic E-state index is 10.8. The van der Waals surface area contributed by atoms with Crippen molar-refractivity contribution in [1.29, 1.82) is 0 Å². The van der Waals surface area contributed by atoms with Crippen molar-refractivity contribution in [2.75, 3.05) is 13.1 Å². The highest BCUT2D eigenvalue weighted by Gasteiger charge is 2.27. The number of aryl methyl sites for hydroxylation is 1. The zero-order valence-corrected chi connectivity index (χ0v) is 8.81. The molecule has 1 amide bonds. The normalized spacial score (nSPS) is 20.6. The highest BCUT2D eigenvalue weighted by atomic mass is 16.4. The summed E-state index contributed by atoms with van der Waals surface area (Å²) in [5, 5.41) is 8.87. The van der Waals surface area contributed by atoms with Gasteiger partial charge >= 0.3 is 6.09 Å². The highest BCUT2D eigenvalue weighted by Crippen LogP contribution is 2.29. The van der Waals surface area contributed by atoms with Crippen LogP contribution in [-0.2, 0) is 0 Å². The van der Waals surface area contributed by atoms with Gasteiger partial charge in [-0.05, 0) is 24.5 Å². The summed E-state index contributed by atoms with van der Waals surface area (Å²) in [6, 6.07) is 8.22. The predicted octanol–water partition coefficient (Wildman–Crippen LogP) is 2.46. The molecule has 1 heterocycles. The van der Waals surface area contributed by atoms with Gasteiger partial charge in [0.15, 0.2) is 0 Å². The summed E-state index contributed by atoms with van der Waals surface area (Å²) in [5.41, 5.74) is 2.55. The first-order chi connectivity index (χ1) is 7.18. The van der Waals surface area contributed by atoms with Crippen LogP contribution in [0.25, 0.3) is 0 Å². The van der Waals surface area contributed by atoms with E-state index in [1.807, 2.05) is 12.1 Å². The maximum Gasteiger partial charge on any atom is 0.407 e. The lowest BCUT2D eigenvalue weighted by Gasteiger charge is -2.14. The molecule has 1 aliphatic rings. The molecule has 3 nitrogen and oxygen atoms in total. The molecule has 1 atom stereocenters. The molecule has 0 bridgehead atoms. The van der Waals surface area contributed by atoms with E-state index in [1.54, 1.807) is 0 Å². The fourth-order valence-electron chi connectivity index (χ4n) is 2.23. The Morgan fingerprint density at radius 3 is 2.80 bits per heavy atom. The first-order valence-electron chi connectivity index (χ1n) is 5.22. The van der Waals surface area contributed by atoms with Gasteiger partial charge in [0.1, 0.15) is 0 Å². The second kappa shape index (κ2) is 3.93. The van der Waals surface area contributed by atoms with Crippen molar-refractivity contribution in [2.24, 2.45) is 0 Å². The topological polar surface area (TPSA) is 40.5 Å². The number of rotatable bonds is 1. The van der Waals surface area contributed by atoms with E-state index < -0.39 is 6.09 Å². The van der Waals surface area contributed by atoms with Crippen LogP contribution in [0.2, 0.25) is 0 Å². The quantitative estimate of drug-likeness (QED) is 0.765. The Hall–Kier alpha value is -1.51. The summed E-state index contributed by atoms with van der Waals surface area (Å²) in [5.74, 6) is 0.377. The van der Waals surface area contributed by atoms with E-state index in [1.165, 1.54) is 16.0 Å². The number of hydrogen-bond acceptors (Lipinski definition) is 1. The lowest BCUT2D eigenvalue weighted by molar-refractivity contribution is 0.155. The van der Waals surface area contributed by atoms with Crippen molar-refractivity contribution in [3.63, 3.8) is 0 Å². The molecule has 0 aromatic heterocycles. The molecule has 0 aliphatic carbocycles. The van der Waals surface area contributed by atoms with Gasteiger partial charge in [0.25, 0.3) is 0 Å². The average molecular weight is 205 g/mol. The number of nitrogens with zero attached hydrogens (tertiary/aromatic N) is 1. The number of carboxylic acid groups (broad SMARTS) is 1. The molecule has 1 aromatic carbocycles. The largest absolute Gasteiger partial charge is 0.465 e. The van der Waals surface area contributed by atoms with Crippen molar-refractivity contribution >= 4 is 6.09 Å². The summed E-state index contributed by atoms with van der Waals surface area (Å²) in [6.45, 7) is 3.38. The smallest absolute Gasteiger partial charge is 0.407 e. The van der Waals surface area contributed by atoms with Crippen molar-refractivity contribution in [3.05, 3.63) is 35.4 Å². The molecule has 0 saturated carbocycles. The second-order valence-electron chi connectivity index (χ2n) is 4.07. The molecule has 3 heteroatoms. The van der Waals surface area contributed by atoms with Crippen molar-refractivity contribution in [2.45, 2.75) is 19.3 Å². The molecule has 80 valence electrons. The van der Waals surface area contributed by atoms with Gasteiger partial charge in [0, 0.05) is 19.0 Å². The minimum atomic E-state index is -0.800. The zero-order valence-electron chi connectivity index (χ0n) is 8.81. The summed E-state index contributed by atoms with van der Waals surface area (Å²) >= 11 is 0. The van der Waals surface area contributed by atoms with Crippen molar-refractivity contribution in [3.8, 4) is 0 Å². The van der Waals surface area contributed by atoms with E-state index in [4.69, 9.17) is 5.11 Å². The third-order valence-corrected chi connectivity index (χ3v) is 3.09. The molecule has 15 heavy (non-hydrogen) atoms. The molecule has 1 unspecified atom stereocenters. The standard InChI is InChI=1S/C12H15NO2/c1-9-4-2-3-5-11(9)10-6-7-13(8-10)12(14)15/h2-5,10H,6-8H2,1H3,(H,14,15). The van der Waals surface area contributed by atoms with Crippen molar-refractivity contribution in [1.82, 2.24) is 4.90 Å². The van der Waals surface area contributed by atoms with Crippen LogP contribution < -0.4 is 0 Å². The lowest BCUT2D eigenvalue weighted by atomic mass is 9.94. The van der Waals surface area contributed by atoms with Crippen molar-refractivity contribution < 1.29 is 9.90 Å². The second-order valence-corrected chi connectivity index (χ2v) is 4.07. The summed E-state index contributed by atoms with van der Waals surface area (Å²) in [7, 11) is 0. The van der Waals surface area contributed by atoms with E-state index in [0.29, 0.717) is 19.0 Å². The van der Waals surface area contributed by atoms with Crippen LogP contribution >= 0.6 is 0 Å². The summed E-state index contributed by atoms with van der Waals surface area (Å²) < 4.78 is 0. The van der Waals surface area contributed by atoms with Crippen LogP contribution in [0, 0.1) is 6.92 Å². The van der Waals surface area contributed by atoms with E-state index in [9.17, 15) is 4.79 Å². The Morgan fingerprint density at radius 2 is 2.20 bits per heavy atom. The van der Waals surface area contributed by atoms with Gasteiger partial charge in [0.2, 0.25) is 0 Å². The molecule has 2 rings (SSSR count). The Morgan fingerprint density at radius 1 is 1.47 bits per heavy atom. The van der Waals surface area contributed by atoms with Gasteiger partial charge in [-0.1, -0.05) is 24.3 Å². The Balaban J connectivity index is 2.14. The monoisotopic (exact) mass is 205 g/mol. The first kappa shape index (κ1) is 10.0. The molecule has 0 radical (unpaired) electrons. The van der Waals surface area contributed by atoms with Gasteiger partial charge < -0.3 is 10.0 Å². The number of benzene rings is 1. The molecule has 1 aliphatic heterocycles. The lowest BCUT2D eigenvalue weighted by Crippen LogP contribution is -2.26. The number of carbonyl (C=O) groups is 1. The van der Waals surface area contributed by atoms with Crippen LogP contribution in [-0.4, -0.2) is 29.2 Å².